The Hall–Kier alpha value is -4.52. The van der Waals surface area contributed by atoms with Crippen molar-refractivity contribution in [3.63, 3.8) is 0 Å². The number of para-hydroxylation sites is 1. The molecule has 6 rings (SSSR count). The van der Waals surface area contributed by atoms with E-state index in [9.17, 15) is 4.79 Å². The number of aromatic nitrogens is 1. The molecule has 8 nitrogen and oxygen atoms in total. The molecule has 0 saturated carbocycles. The Morgan fingerprint density at radius 3 is 1.97 bits per heavy atom. The van der Waals surface area contributed by atoms with Gasteiger partial charge < -0.3 is 9.15 Å². The van der Waals surface area contributed by atoms with Gasteiger partial charge in [0.1, 0.15) is 11.3 Å². The van der Waals surface area contributed by atoms with E-state index in [-0.39, 0.29) is 12.2 Å². The summed E-state index contributed by atoms with van der Waals surface area (Å²) in [6.07, 6.45) is 1.60. The number of oxazole rings is 1. The molecule has 0 aliphatic carbocycles. The Morgan fingerprint density at radius 1 is 0.816 bits per heavy atom. The van der Waals surface area contributed by atoms with Crippen molar-refractivity contribution >= 4 is 17.9 Å². The third kappa shape index (κ3) is 5.42. The summed E-state index contributed by atoms with van der Waals surface area (Å²) in [6, 6.07) is 29.9. The van der Waals surface area contributed by atoms with Crippen molar-refractivity contribution in [3.05, 3.63) is 96.7 Å². The van der Waals surface area contributed by atoms with E-state index in [2.05, 4.69) is 17.0 Å². The normalized spacial score (nSPS) is 16.4. The molecule has 0 atom stereocenters. The lowest BCUT2D eigenvalue weighted by Crippen LogP contribution is -2.46. The van der Waals surface area contributed by atoms with Gasteiger partial charge in [-0.05, 0) is 24.3 Å². The second-order valence-electron chi connectivity index (χ2n) is 9.36. The number of anilines is 1. The fourth-order valence-electron chi connectivity index (χ4n) is 5.00. The van der Waals surface area contributed by atoms with Crippen molar-refractivity contribution in [1.82, 2.24) is 9.88 Å². The second kappa shape index (κ2) is 11.3. The van der Waals surface area contributed by atoms with Crippen LogP contribution in [0.4, 0.5) is 10.5 Å². The summed E-state index contributed by atoms with van der Waals surface area (Å²) in [5, 5.41) is 0. The van der Waals surface area contributed by atoms with Gasteiger partial charge in [-0.3, -0.25) is 9.80 Å². The highest BCUT2D eigenvalue weighted by molar-refractivity contribution is 5.90. The molecular weight excluding hydrogens is 482 g/mol. The Morgan fingerprint density at radius 2 is 1.37 bits per heavy atom. The summed E-state index contributed by atoms with van der Waals surface area (Å²) < 4.78 is 12.2. The summed E-state index contributed by atoms with van der Waals surface area (Å²) in [5.41, 5.74) is 3.38. The molecule has 3 heterocycles. The summed E-state index contributed by atoms with van der Waals surface area (Å²) in [5.74, 6) is 1.45. The molecule has 38 heavy (non-hydrogen) atoms. The third-order valence-electron chi connectivity index (χ3n) is 6.93. The lowest BCUT2D eigenvalue weighted by molar-refractivity contribution is -0.191. The van der Waals surface area contributed by atoms with Crippen molar-refractivity contribution in [2.75, 3.05) is 24.5 Å². The lowest BCUT2D eigenvalue weighted by atomic mass is 9.91. The first kappa shape index (κ1) is 25.1. The smallest absolute Gasteiger partial charge is 0.415 e. The first-order valence-corrected chi connectivity index (χ1v) is 12.5. The zero-order valence-corrected chi connectivity index (χ0v) is 20.8. The van der Waals surface area contributed by atoms with Gasteiger partial charge in [0, 0.05) is 49.3 Å². The minimum Gasteiger partial charge on any atom is -0.441 e. The summed E-state index contributed by atoms with van der Waals surface area (Å²) >= 11 is 0. The average molecular weight is 510 g/mol. The van der Waals surface area contributed by atoms with Gasteiger partial charge in [0.25, 0.3) is 0 Å². The summed E-state index contributed by atoms with van der Waals surface area (Å²) in [7, 11) is 0. The predicted molar refractivity (Wildman–Crippen MR) is 140 cm³/mol. The third-order valence-corrected chi connectivity index (χ3v) is 6.93. The highest BCUT2D eigenvalue weighted by atomic mass is 16.6. The number of carbonyl (C=O) groups is 1. The fraction of sp³-hybridized carbons (Fsp3) is 0.233. The Balaban J connectivity index is 0.000000937. The molecule has 192 valence electrons. The van der Waals surface area contributed by atoms with Gasteiger partial charge in [0.2, 0.25) is 5.89 Å². The van der Waals surface area contributed by atoms with Crippen LogP contribution in [0, 0.1) is 0 Å². The SMILES string of the molecule is O=C1OC2(CCN(Cc3nc(-c4ccccc4)oc3-c3ccccc3)CC2)CN1c1ccccc1.O=C=O. The van der Waals surface area contributed by atoms with Gasteiger partial charge in [0.05, 0.1) is 6.54 Å². The molecule has 2 fully saturated rings. The van der Waals surface area contributed by atoms with E-state index in [0.29, 0.717) is 19.0 Å². The van der Waals surface area contributed by atoms with Gasteiger partial charge >= 0.3 is 12.2 Å². The van der Waals surface area contributed by atoms with Crippen LogP contribution in [0.1, 0.15) is 18.5 Å². The Labute approximate surface area is 220 Å². The number of piperidine rings is 1. The van der Waals surface area contributed by atoms with Crippen LogP contribution in [-0.2, 0) is 20.9 Å². The van der Waals surface area contributed by atoms with Gasteiger partial charge in [-0.2, -0.15) is 9.59 Å². The number of benzene rings is 3. The van der Waals surface area contributed by atoms with E-state index in [1.807, 2.05) is 78.9 Å². The zero-order valence-electron chi connectivity index (χ0n) is 20.8. The van der Waals surface area contributed by atoms with E-state index in [0.717, 1.165) is 54.2 Å². The number of hydrogen-bond acceptors (Lipinski definition) is 7. The van der Waals surface area contributed by atoms with Crippen LogP contribution in [0.5, 0.6) is 0 Å². The van der Waals surface area contributed by atoms with E-state index in [1.165, 1.54) is 0 Å². The fourth-order valence-corrected chi connectivity index (χ4v) is 5.00. The van der Waals surface area contributed by atoms with Gasteiger partial charge in [-0.25, -0.2) is 9.78 Å². The first-order valence-electron chi connectivity index (χ1n) is 12.5. The molecule has 0 unspecified atom stereocenters. The number of carbonyl (C=O) groups excluding carboxylic acids is 3. The number of amides is 1. The number of nitrogens with zero attached hydrogens (tertiary/aromatic N) is 3. The first-order chi connectivity index (χ1) is 18.6. The van der Waals surface area contributed by atoms with Crippen LogP contribution in [0.2, 0.25) is 0 Å². The molecule has 2 aliphatic heterocycles. The van der Waals surface area contributed by atoms with Gasteiger partial charge in [-0.15, -0.1) is 0 Å². The monoisotopic (exact) mass is 509 g/mol. The van der Waals surface area contributed by atoms with E-state index >= 15 is 0 Å². The molecule has 2 aliphatic rings. The molecule has 0 bridgehead atoms. The molecular formula is C30H27N3O5. The molecule has 3 aromatic carbocycles. The topological polar surface area (TPSA) is 92.9 Å². The van der Waals surface area contributed by atoms with Crippen molar-refractivity contribution in [2.24, 2.45) is 0 Å². The molecule has 1 spiro atoms. The zero-order chi connectivity index (χ0) is 26.4. The summed E-state index contributed by atoms with van der Waals surface area (Å²) in [6.45, 7) is 2.95. The molecule has 1 aromatic heterocycles. The highest BCUT2D eigenvalue weighted by Crippen LogP contribution is 2.37. The van der Waals surface area contributed by atoms with Crippen LogP contribution < -0.4 is 4.90 Å². The maximum atomic E-state index is 12.6. The molecule has 1 amide bonds. The lowest BCUT2D eigenvalue weighted by Gasteiger charge is -2.37. The van der Waals surface area contributed by atoms with E-state index in [4.69, 9.17) is 23.7 Å². The highest BCUT2D eigenvalue weighted by Gasteiger charge is 2.47. The van der Waals surface area contributed by atoms with Crippen LogP contribution >= 0.6 is 0 Å². The van der Waals surface area contributed by atoms with Crippen molar-refractivity contribution < 1.29 is 23.5 Å². The van der Waals surface area contributed by atoms with Gasteiger partial charge in [-0.1, -0.05) is 66.7 Å². The average Bonchev–Trinajstić information content (AvgIpc) is 3.53. The predicted octanol–water partition coefficient (Wildman–Crippen LogP) is 5.42. The van der Waals surface area contributed by atoms with Gasteiger partial charge in [0.15, 0.2) is 5.76 Å². The van der Waals surface area contributed by atoms with Crippen LogP contribution in [-0.4, -0.2) is 47.4 Å². The van der Waals surface area contributed by atoms with Crippen LogP contribution in [0.3, 0.4) is 0 Å². The molecule has 4 aromatic rings. The molecule has 0 N–H and O–H groups in total. The minimum absolute atomic E-state index is 0.250. The molecule has 8 heteroatoms. The quantitative estimate of drug-likeness (QED) is 0.355. The van der Waals surface area contributed by atoms with Crippen molar-refractivity contribution in [1.29, 1.82) is 0 Å². The van der Waals surface area contributed by atoms with E-state index < -0.39 is 5.60 Å². The minimum atomic E-state index is -0.426. The second-order valence-corrected chi connectivity index (χ2v) is 9.36. The summed E-state index contributed by atoms with van der Waals surface area (Å²) in [4.78, 5) is 37.9. The number of rotatable bonds is 5. The van der Waals surface area contributed by atoms with Crippen LogP contribution in [0.15, 0.2) is 95.4 Å². The number of likely N-dealkylation sites (tertiary alicyclic amines) is 1. The number of ether oxygens (including phenoxy) is 1. The Bertz CT molecular complexity index is 1390. The standard InChI is InChI=1S/C29H27N3O3.CO2/c33-28-32(24-14-8-3-9-15-24)21-29(35-28)16-18-31(19-17-29)20-25-26(22-10-4-1-5-11-22)34-27(30-25)23-12-6-2-7-13-23;2-1-3/h1-15H,16-21H2;. The van der Waals surface area contributed by atoms with Crippen molar-refractivity contribution in [3.8, 4) is 22.8 Å². The maximum absolute atomic E-state index is 12.6. The van der Waals surface area contributed by atoms with Crippen LogP contribution in [0.25, 0.3) is 22.8 Å². The molecule has 2 saturated heterocycles. The Kier molecular flexibility index (Phi) is 7.45. The van der Waals surface area contributed by atoms with E-state index in [1.54, 1.807) is 4.90 Å². The van der Waals surface area contributed by atoms with Crippen molar-refractivity contribution in [2.45, 2.75) is 25.0 Å². The largest absolute Gasteiger partial charge is 0.441 e. The number of hydrogen-bond donors (Lipinski definition) is 0. The maximum Gasteiger partial charge on any atom is 0.415 e. The molecule has 0 radical (unpaired) electrons.